The van der Waals surface area contributed by atoms with Crippen LogP contribution in [0.2, 0.25) is 0 Å². The average Bonchev–Trinajstić information content (AvgIpc) is 2.46. The van der Waals surface area contributed by atoms with Crippen molar-refractivity contribution < 1.29 is 5.11 Å². The largest absolute Gasteiger partial charge is 0.390 e. The lowest BCUT2D eigenvalue weighted by Gasteiger charge is -2.17. The van der Waals surface area contributed by atoms with Crippen LogP contribution in [-0.4, -0.2) is 20.3 Å². The fraction of sp³-hybridized carbons (Fsp3) is 0.667. The van der Waals surface area contributed by atoms with Crippen LogP contribution >= 0.6 is 0 Å². The van der Waals surface area contributed by atoms with Crippen LogP contribution in [0, 0.1) is 0 Å². The number of nitrogens with zero attached hydrogens (tertiary/aromatic N) is 2. The van der Waals surface area contributed by atoms with Gasteiger partial charge in [-0.2, -0.15) is 0 Å². The molecule has 0 atom stereocenters. The monoisotopic (exact) mass is 183 g/mol. The third-order valence-corrected chi connectivity index (χ3v) is 1.95. The summed E-state index contributed by atoms with van der Waals surface area (Å²) in [6, 6.07) is 0. The maximum Gasteiger partial charge on any atom is 0.122 e. The van der Waals surface area contributed by atoms with Crippen molar-refractivity contribution in [1.29, 1.82) is 0 Å². The number of aryl methyl sites for hydroxylation is 1. The van der Waals surface area contributed by atoms with Gasteiger partial charge in [0.2, 0.25) is 0 Å². The zero-order valence-electron chi connectivity index (χ0n) is 8.20. The molecule has 1 heterocycles. The second-order valence-electron chi connectivity index (χ2n) is 3.80. The van der Waals surface area contributed by atoms with Gasteiger partial charge in [-0.05, 0) is 20.3 Å². The summed E-state index contributed by atoms with van der Waals surface area (Å²) in [7, 11) is 0. The van der Waals surface area contributed by atoms with Crippen LogP contribution in [0.15, 0.2) is 12.4 Å². The predicted octanol–water partition coefficient (Wildman–Crippen LogP) is 0.503. The van der Waals surface area contributed by atoms with Crippen LogP contribution in [0.1, 0.15) is 26.1 Å². The highest BCUT2D eigenvalue weighted by Crippen LogP contribution is 2.09. The zero-order chi connectivity index (χ0) is 9.90. The predicted molar refractivity (Wildman–Crippen MR) is 51.0 cm³/mol. The lowest BCUT2D eigenvalue weighted by atomic mass is 10.1. The molecule has 0 aliphatic carbocycles. The van der Waals surface area contributed by atoms with Crippen molar-refractivity contribution in [3.63, 3.8) is 0 Å². The summed E-state index contributed by atoms with van der Waals surface area (Å²) >= 11 is 0. The van der Waals surface area contributed by atoms with Gasteiger partial charge in [0, 0.05) is 18.9 Å². The van der Waals surface area contributed by atoms with Crippen LogP contribution in [0.5, 0.6) is 0 Å². The fourth-order valence-electron chi connectivity index (χ4n) is 1.13. The Labute approximate surface area is 78.4 Å². The van der Waals surface area contributed by atoms with E-state index < -0.39 is 5.60 Å². The molecule has 0 fully saturated rings. The molecule has 0 aromatic carbocycles. The fourth-order valence-corrected chi connectivity index (χ4v) is 1.13. The highest BCUT2D eigenvalue weighted by atomic mass is 16.3. The molecule has 1 aromatic rings. The van der Waals surface area contributed by atoms with Gasteiger partial charge in [0.05, 0.1) is 12.1 Å². The third-order valence-electron chi connectivity index (χ3n) is 1.95. The lowest BCUT2D eigenvalue weighted by molar-refractivity contribution is 0.0660. The van der Waals surface area contributed by atoms with E-state index in [-0.39, 0.29) is 0 Å². The van der Waals surface area contributed by atoms with Crippen molar-refractivity contribution in [3.05, 3.63) is 18.2 Å². The summed E-state index contributed by atoms with van der Waals surface area (Å²) in [4.78, 5) is 4.09. The minimum atomic E-state index is -0.629. The van der Waals surface area contributed by atoms with E-state index in [4.69, 9.17) is 5.73 Å². The second kappa shape index (κ2) is 3.89. The molecular weight excluding hydrogens is 166 g/mol. The molecule has 13 heavy (non-hydrogen) atoms. The Kier molecular flexibility index (Phi) is 3.06. The van der Waals surface area contributed by atoms with Gasteiger partial charge in [-0.1, -0.05) is 0 Å². The highest BCUT2D eigenvalue weighted by molar-refractivity contribution is 4.91. The van der Waals surface area contributed by atoms with Gasteiger partial charge in [0.25, 0.3) is 0 Å². The Hall–Kier alpha value is -0.870. The maximum atomic E-state index is 9.52. The number of nitrogens with two attached hydrogens (primary N) is 1. The highest BCUT2D eigenvalue weighted by Gasteiger charge is 2.12. The first-order valence-electron chi connectivity index (χ1n) is 4.45. The van der Waals surface area contributed by atoms with Gasteiger partial charge in [-0.25, -0.2) is 4.98 Å². The number of aliphatic hydroxyl groups is 1. The average molecular weight is 183 g/mol. The molecule has 0 bridgehead atoms. The van der Waals surface area contributed by atoms with E-state index in [1.807, 2.05) is 10.8 Å². The minimum Gasteiger partial charge on any atom is -0.390 e. The molecule has 4 heteroatoms. The number of hydrogen-bond donors (Lipinski definition) is 2. The van der Waals surface area contributed by atoms with Crippen molar-refractivity contribution in [2.75, 3.05) is 0 Å². The number of aromatic nitrogens is 2. The molecule has 0 unspecified atom stereocenters. The molecule has 0 aliphatic rings. The van der Waals surface area contributed by atoms with E-state index in [0.29, 0.717) is 13.0 Å². The summed E-state index contributed by atoms with van der Waals surface area (Å²) in [6.45, 7) is 4.80. The Bertz CT molecular complexity index is 262. The van der Waals surface area contributed by atoms with Crippen LogP contribution in [0.25, 0.3) is 0 Å². The normalized spacial score (nSPS) is 12.0. The van der Waals surface area contributed by atoms with Gasteiger partial charge in [-0.3, -0.25) is 0 Å². The molecular formula is C9H17N3O. The summed E-state index contributed by atoms with van der Waals surface area (Å²) < 4.78 is 1.97. The molecule has 3 N–H and O–H groups in total. The Morgan fingerprint density at radius 3 is 2.85 bits per heavy atom. The third kappa shape index (κ3) is 3.16. The summed E-state index contributed by atoms with van der Waals surface area (Å²) in [6.07, 6.45) is 4.32. The first kappa shape index (κ1) is 10.2. The zero-order valence-corrected chi connectivity index (χ0v) is 8.20. The van der Waals surface area contributed by atoms with E-state index in [1.165, 1.54) is 0 Å². The molecule has 0 aliphatic heterocycles. The quantitative estimate of drug-likeness (QED) is 0.714. The van der Waals surface area contributed by atoms with Crippen LogP contribution in [0.4, 0.5) is 0 Å². The van der Waals surface area contributed by atoms with Crippen molar-refractivity contribution in [2.24, 2.45) is 5.73 Å². The van der Waals surface area contributed by atoms with Crippen molar-refractivity contribution in [1.82, 2.24) is 9.55 Å². The molecule has 1 rings (SSSR count). The van der Waals surface area contributed by atoms with E-state index in [2.05, 4.69) is 4.98 Å². The van der Waals surface area contributed by atoms with E-state index in [9.17, 15) is 5.11 Å². The summed E-state index contributed by atoms with van der Waals surface area (Å²) in [5, 5.41) is 9.52. The number of rotatable bonds is 4. The topological polar surface area (TPSA) is 64.1 Å². The van der Waals surface area contributed by atoms with Crippen LogP contribution in [-0.2, 0) is 13.1 Å². The number of hydrogen-bond acceptors (Lipinski definition) is 3. The van der Waals surface area contributed by atoms with E-state index in [1.54, 1.807) is 20.0 Å². The van der Waals surface area contributed by atoms with Gasteiger partial charge in [0.15, 0.2) is 0 Å². The molecule has 0 amide bonds. The van der Waals surface area contributed by atoms with E-state index in [0.717, 1.165) is 12.4 Å². The molecule has 0 saturated carbocycles. The second-order valence-corrected chi connectivity index (χ2v) is 3.80. The Morgan fingerprint density at radius 1 is 1.62 bits per heavy atom. The molecule has 0 saturated heterocycles. The summed E-state index contributed by atoms with van der Waals surface area (Å²) in [5.74, 6) is 0.865. The first-order chi connectivity index (χ1) is 6.03. The van der Waals surface area contributed by atoms with Crippen molar-refractivity contribution in [2.45, 2.75) is 39.0 Å². The molecule has 74 valence electrons. The standard InChI is InChI=1S/C9H17N3O/c1-9(2,13)3-5-12-6-4-11-8(12)7-10/h4,6,13H,3,5,7,10H2,1-2H3. The van der Waals surface area contributed by atoms with Gasteiger partial charge in [0.1, 0.15) is 5.82 Å². The summed E-state index contributed by atoms with van der Waals surface area (Å²) in [5.41, 5.74) is 4.86. The first-order valence-corrected chi connectivity index (χ1v) is 4.45. The molecule has 1 aromatic heterocycles. The van der Waals surface area contributed by atoms with Crippen molar-refractivity contribution in [3.8, 4) is 0 Å². The van der Waals surface area contributed by atoms with Gasteiger partial charge < -0.3 is 15.4 Å². The van der Waals surface area contributed by atoms with Crippen LogP contribution in [0.3, 0.4) is 0 Å². The van der Waals surface area contributed by atoms with Crippen LogP contribution < -0.4 is 5.73 Å². The molecule has 0 radical (unpaired) electrons. The van der Waals surface area contributed by atoms with E-state index >= 15 is 0 Å². The minimum absolute atomic E-state index is 0.443. The lowest BCUT2D eigenvalue weighted by Crippen LogP contribution is -2.21. The molecule has 0 spiro atoms. The number of imidazole rings is 1. The van der Waals surface area contributed by atoms with Gasteiger partial charge >= 0.3 is 0 Å². The van der Waals surface area contributed by atoms with Gasteiger partial charge in [-0.15, -0.1) is 0 Å². The molecule has 4 nitrogen and oxygen atoms in total. The smallest absolute Gasteiger partial charge is 0.122 e. The Balaban J connectivity index is 2.54. The Morgan fingerprint density at radius 2 is 2.31 bits per heavy atom. The maximum absolute atomic E-state index is 9.52. The SMILES string of the molecule is CC(C)(O)CCn1ccnc1CN. The van der Waals surface area contributed by atoms with Crippen molar-refractivity contribution >= 4 is 0 Å².